The second-order valence-electron chi connectivity index (χ2n) is 4.27. The van der Waals surface area contributed by atoms with E-state index in [9.17, 15) is 9.18 Å². The van der Waals surface area contributed by atoms with E-state index in [0.29, 0.717) is 6.54 Å². The van der Waals surface area contributed by atoms with E-state index in [1.54, 1.807) is 6.07 Å². The van der Waals surface area contributed by atoms with E-state index in [4.69, 9.17) is 5.73 Å². The molecule has 17 heavy (non-hydrogen) atoms. The first-order valence-corrected chi connectivity index (χ1v) is 6.34. The van der Waals surface area contributed by atoms with Crippen molar-refractivity contribution >= 4 is 21.8 Å². The average molecular weight is 301 g/mol. The van der Waals surface area contributed by atoms with Crippen molar-refractivity contribution in [2.45, 2.75) is 25.4 Å². The number of hydrogen-bond donors (Lipinski definition) is 1. The Kier molecular flexibility index (Phi) is 3.79. The van der Waals surface area contributed by atoms with Crippen molar-refractivity contribution in [3.63, 3.8) is 0 Å². The molecule has 0 bridgehead atoms. The maximum Gasteiger partial charge on any atom is 0.234 e. The molecular weight excluding hydrogens is 287 g/mol. The van der Waals surface area contributed by atoms with Gasteiger partial charge in [0.15, 0.2) is 0 Å². The summed E-state index contributed by atoms with van der Waals surface area (Å²) >= 11 is 3.33. The summed E-state index contributed by atoms with van der Waals surface area (Å²) in [6.07, 6.45) is 1.79. The fourth-order valence-electron chi connectivity index (χ4n) is 2.21. The SMILES string of the molecule is NC(=O)C1CCCN1Cc1ccc(F)cc1Br. The minimum atomic E-state index is -0.277. The van der Waals surface area contributed by atoms with Crippen molar-refractivity contribution in [1.82, 2.24) is 4.90 Å². The van der Waals surface area contributed by atoms with Crippen LogP contribution in [0.1, 0.15) is 18.4 Å². The second kappa shape index (κ2) is 5.14. The Bertz CT molecular complexity index is 439. The molecule has 1 aromatic rings. The average Bonchev–Trinajstić information content (AvgIpc) is 2.70. The van der Waals surface area contributed by atoms with Crippen LogP contribution in [0.5, 0.6) is 0 Å². The normalized spacial score (nSPS) is 20.7. The largest absolute Gasteiger partial charge is 0.368 e. The highest BCUT2D eigenvalue weighted by molar-refractivity contribution is 9.10. The number of carbonyl (C=O) groups is 1. The van der Waals surface area contributed by atoms with Gasteiger partial charge in [-0.05, 0) is 37.1 Å². The highest BCUT2D eigenvalue weighted by atomic mass is 79.9. The fourth-order valence-corrected chi connectivity index (χ4v) is 2.68. The summed E-state index contributed by atoms with van der Waals surface area (Å²) in [5, 5.41) is 0. The molecule has 0 radical (unpaired) electrons. The Balaban J connectivity index is 2.12. The molecule has 2 N–H and O–H groups in total. The van der Waals surface area contributed by atoms with Gasteiger partial charge in [-0.3, -0.25) is 9.69 Å². The van der Waals surface area contributed by atoms with Crippen molar-refractivity contribution in [3.05, 3.63) is 34.1 Å². The van der Waals surface area contributed by atoms with E-state index in [0.717, 1.165) is 29.4 Å². The maximum atomic E-state index is 12.9. The lowest BCUT2D eigenvalue weighted by Gasteiger charge is -2.22. The smallest absolute Gasteiger partial charge is 0.234 e. The molecule has 1 aliphatic heterocycles. The van der Waals surface area contributed by atoms with Gasteiger partial charge >= 0.3 is 0 Å². The molecule has 0 saturated carbocycles. The Morgan fingerprint density at radius 3 is 3.00 bits per heavy atom. The van der Waals surface area contributed by atoms with Crippen molar-refractivity contribution in [2.75, 3.05) is 6.54 Å². The first-order chi connectivity index (χ1) is 8.08. The lowest BCUT2D eigenvalue weighted by molar-refractivity contribution is -0.122. The second-order valence-corrected chi connectivity index (χ2v) is 5.12. The molecule has 1 heterocycles. The Hall–Kier alpha value is -0.940. The van der Waals surface area contributed by atoms with Gasteiger partial charge in [-0.15, -0.1) is 0 Å². The van der Waals surface area contributed by atoms with Gasteiger partial charge in [-0.1, -0.05) is 22.0 Å². The van der Waals surface area contributed by atoms with E-state index in [2.05, 4.69) is 15.9 Å². The number of hydrogen-bond acceptors (Lipinski definition) is 2. The monoisotopic (exact) mass is 300 g/mol. The van der Waals surface area contributed by atoms with Crippen molar-refractivity contribution in [2.24, 2.45) is 5.73 Å². The van der Waals surface area contributed by atoms with Crippen LogP contribution in [0.4, 0.5) is 4.39 Å². The molecular formula is C12H14BrFN2O. The summed E-state index contributed by atoms with van der Waals surface area (Å²) < 4.78 is 13.7. The van der Waals surface area contributed by atoms with E-state index in [1.807, 2.05) is 4.90 Å². The van der Waals surface area contributed by atoms with Crippen LogP contribution in [0.3, 0.4) is 0 Å². The third-order valence-corrected chi connectivity index (χ3v) is 3.82. The number of carbonyl (C=O) groups excluding carboxylic acids is 1. The van der Waals surface area contributed by atoms with Crippen molar-refractivity contribution in [1.29, 1.82) is 0 Å². The van der Waals surface area contributed by atoms with Crippen LogP contribution in [-0.4, -0.2) is 23.4 Å². The van der Waals surface area contributed by atoms with Crippen LogP contribution in [0.25, 0.3) is 0 Å². The molecule has 1 amide bonds. The Labute approximate surface area is 108 Å². The molecule has 1 aliphatic rings. The summed E-state index contributed by atoms with van der Waals surface area (Å²) in [6, 6.07) is 4.41. The predicted octanol–water partition coefficient (Wildman–Crippen LogP) is 2.04. The summed E-state index contributed by atoms with van der Waals surface area (Å²) in [5.74, 6) is -0.547. The fraction of sp³-hybridized carbons (Fsp3) is 0.417. The summed E-state index contributed by atoms with van der Waals surface area (Å²) in [6.45, 7) is 1.48. The number of nitrogens with zero attached hydrogens (tertiary/aromatic N) is 1. The maximum absolute atomic E-state index is 12.9. The molecule has 1 fully saturated rings. The van der Waals surface area contributed by atoms with Crippen LogP contribution in [0.2, 0.25) is 0 Å². The summed E-state index contributed by atoms with van der Waals surface area (Å²) in [7, 11) is 0. The van der Waals surface area contributed by atoms with Crippen LogP contribution < -0.4 is 5.73 Å². The molecule has 92 valence electrons. The lowest BCUT2D eigenvalue weighted by Crippen LogP contribution is -2.39. The standard InChI is InChI=1S/C12H14BrFN2O/c13-10-6-9(14)4-3-8(10)7-16-5-1-2-11(16)12(15)17/h3-4,6,11H,1-2,5,7H2,(H2,15,17). The molecule has 2 rings (SSSR count). The zero-order valence-corrected chi connectivity index (χ0v) is 10.9. The van der Waals surface area contributed by atoms with E-state index >= 15 is 0 Å². The lowest BCUT2D eigenvalue weighted by atomic mass is 10.1. The number of rotatable bonds is 3. The number of amides is 1. The molecule has 0 spiro atoms. The topological polar surface area (TPSA) is 46.3 Å². The third-order valence-electron chi connectivity index (χ3n) is 3.08. The van der Waals surface area contributed by atoms with E-state index in [-0.39, 0.29) is 17.8 Å². The molecule has 5 heteroatoms. The van der Waals surface area contributed by atoms with Gasteiger partial charge in [-0.25, -0.2) is 4.39 Å². The van der Waals surface area contributed by atoms with Gasteiger partial charge in [0.2, 0.25) is 5.91 Å². The predicted molar refractivity (Wildman–Crippen MR) is 66.7 cm³/mol. The minimum Gasteiger partial charge on any atom is -0.368 e. The van der Waals surface area contributed by atoms with Crippen LogP contribution in [0.15, 0.2) is 22.7 Å². The molecule has 1 unspecified atom stereocenters. The molecule has 1 saturated heterocycles. The number of likely N-dealkylation sites (tertiary alicyclic amines) is 1. The number of halogens is 2. The highest BCUT2D eigenvalue weighted by Gasteiger charge is 2.29. The number of nitrogens with two attached hydrogens (primary N) is 1. The quantitative estimate of drug-likeness (QED) is 0.928. The molecule has 0 aromatic heterocycles. The van der Waals surface area contributed by atoms with Crippen molar-refractivity contribution < 1.29 is 9.18 Å². The van der Waals surface area contributed by atoms with Crippen molar-refractivity contribution in [3.8, 4) is 0 Å². The Morgan fingerprint density at radius 1 is 1.59 bits per heavy atom. The zero-order valence-electron chi connectivity index (χ0n) is 9.33. The number of primary amides is 1. The summed E-state index contributed by atoms with van der Waals surface area (Å²) in [5.41, 5.74) is 6.32. The Morgan fingerprint density at radius 2 is 2.35 bits per heavy atom. The molecule has 1 atom stereocenters. The van der Waals surface area contributed by atoms with Gasteiger partial charge in [0.25, 0.3) is 0 Å². The first kappa shape index (κ1) is 12.5. The van der Waals surface area contributed by atoms with Gasteiger partial charge < -0.3 is 5.73 Å². The molecule has 1 aromatic carbocycles. The van der Waals surface area contributed by atoms with Gasteiger partial charge in [-0.2, -0.15) is 0 Å². The number of benzene rings is 1. The van der Waals surface area contributed by atoms with Gasteiger partial charge in [0.05, 0.1) is 6.04 Å². The van der Waals surface area contributed by atoms with Crippen LogP contribution >= 0.6 is 15.9 Å². The van der Waals surface area contributed by atoms with Crippen LogP contribution in [0, 0.1) is 5.82 Å². The zero-order chi connectivity index (χ0) is 12.4. The molecule has 0 aliphatic carbocycles. The first-order valence-electron chi connectivity index (χ1n) is 5.55. The minimum absolute atomic E-state index is 0.188. The van der Waals surface area contributed by atoms with E-state index < -0.39 is 0 Å². The van der Waals surface area contributed by atoms with Gasteiger partial charge in [0, 0.05) is 11.0 Å². The van der Waals surface area contributed by atoms with Crippen LogP contribution in [-0.2, 0) is 11.3 Å². The highest BCUT2D eigenvalue weighted by Crippen LogP contribution is 2.24. The third kappa shape index (κ3) is 2.84. The van der Waals surface area contributed by atoms with Gasteiger partial charge in [0.1, 0.15) is 5.82 Å². The summed E-state index contributed by atoms with van der Waals surface area (Å²) in [4.78, 5) is 13.3. The molecule has 3 nitrogen and oxygen atoms in total. The van der Waals surface area contributed by atoms with E-state index in [1.165, 1.54) is 12.1 Å².